The Bertz CT molecular complexity index is 686. The molecular formula is C15H13ClN2O3. The fraction of sp³-hybridized carbons (Fsp3) is 0.133. The number of methoxy groups -OCH3 is 2. The Labute approximate surface area is 127 Å². The average molecular weight is 305 g/mol. The van der Waals surface area contributed by atoms with E-state index in [1.165, 1.54) is 18.5 Å². The second kappa shape index (κ2) is 6.85. The van der Waals surface area contributed by atoms with Gasteiger partial charge in [-0.1, -0.05) is 23.7 Å². The Kier molecular flexibility index (Phi) is 4.90. The highest BCUT2D eigenvalue weighted by Crippen LogP contribution is 2.28. The summed E-state index contributed by atoms with van der Waals surface area (Å²) in [7, 11) is 3.11. The number of halogens is 1. The molecule has 0 bridgehead atoms. The van der Waals surface area contributed by atoms with Crippen LogP contribution in [0.1, 0.15) is 16.1 Å². The molecule has 2 rings (SSSR count). The summed E-state index contributed by atoms with van der Waals surface area (Å²) in [4.78, 5) is 19.7. The molecule has 0 spiro atoms. The van der Waals surface area contributed by atoms with Gasteiger partial charge in [0.05, 0.1) is 14.2 Å². The third-order valence-electron chi connectivity index (χ3n) is 2.72. The van der Waals surface area contributed by atoms with Crippen LogP contribution in [0.3, 0.4) is 0 Å². The maximum atomic E-state index is 12.0. The van der Waals surface area contributed by atoms with Crippen LogP contribution >= 0.6 is 11.6 Å². The zero-order valence-corrected chi connectivity index (χ0v) is 12.3. The lowest BCUT2D eigenvalue weighted by molar-refractivity contribution is 0.104. The van der Waals surface area contributed by atoms with Crippen molar-refractivity contribution in [2.75, 3.05) is 14.2 Å². The molecule has 0 saturated carbocycles. The third-order valence-corrected chi connectivity index (χ3v) is 3.00. The van der Waals surface area contributed by atoms with E-state index in [0.717, 1.165) is 5.56 Å². The van der Waals surface area contributed by atoms with Crippen molar-refractivity contribution in [3.05, 3.63) is 53.1 Å². The minimum Gasteiger partial charge on any atom is -0.493 e. The van der Waals surface area contributed by atoms with Crippen molar-refractivity contribution in [3.63, 3.8) is 0 Å². The molecule has 5 nitrogen and oxygen atoms in total. The van der Waals surface area contributed by atoms with Gasteiger partial charge in [-0.25, -0.2) is 9.97 Å². The van der Waals surface area contributed by atoms with Crippen LogP contribution in [-0.2, 0) is 0 Å². The van der Waals surface area contributed by atoms with Gasteiger partial charge in [0.2, 0.25) is 5.78 Å². The molecular weight excluding hydrogens is 292 g/mol. The molecule has 0 aliphatic heterocycles. The molecule has 21 heavy (non-hydrogen) atoms. The van der Waals surface area contributed by atoms with Gasteiger partial charge in [0.1, 0.15) is 5.69 Å². The van der Waals surface area contributed by atoms with Crippen LogP contribution in [0.2, 0.25) is 5.15 Å². The van der Waals surface area contributed by atoms with Gasteiger partial charge in [-0.15, -0.1) is 0 Å². The van der Waals surface area contributed by atoms with E-state index in [1.807, 2.05) is 6.07 Å². The van der Waals surface area contributed by atoms with Gasteiger partial charge in [-0.2, -0.15) is 0 Å². The maximum Gasteiger partial charge on any atom is 0.207 e. The molecule has 0 aliphatic rings. The van der Waals surface area contributed by atoms with Crippen molar-refractivity contribution >= 4 is 23.5 Å². The summed E-state index contributed by atoms with van der Waals surface area (Å²) in [6, 6.07) is 5.34. The number of hydrogen-bond acceptors (Lipinski definition) is 5. The average Bonchev–Trinajstić information content (AvgIpc) is 2.52. The standard InChI is InChI=1S/C15H13ClN2O3/c1-20-12-6-4-10(9-13(12)21-2)3-5-11(19)14-15(16)18-8-7-17-14/h3-9H,1-2H3/b5-3+. The zero-order valence-electron chi connectivity index (χ0n) is 11.5. The first-order valence-corrected chi connectivity index (χ1v) is 6.44. The van der Waals surface area contributed by atoms with Crippen LogP contribution in [-0.4, -0.2) is 30.0 Å². The number of aromatic nitrogens is 2. The molecule has 108 valence electrons. The summed E-state index contributed by atoms with van der Waals surface area (Å²) < 4.78 is 10.4. The lowest BCUT2D eigenvalue weighted by Gasteiger charge is -2.07. The third kappa shape index (κ3) is 3.58. The molecule has 0 radical (unpaired) electrons. The van der Waals surface area contributed by atoms with E-state index in [2.05, 4.69) is 9.97 Å². The molecule has 1 aromatic carbocycles. The Hall–Kier alpha value is -2.40. The molecule has 0 atom stereocenters. The van der Waals surface area contributed by atoms with Crippen molar-refractivity contribution in [1.29, 1.82) is 0 Å². The molecule has 0 aliphatic carbocycles. The smallest absolute Gasteiger partial charge is 0.207 e. The lowest BCUT2D eigenvalue weighted by atomic mass is 10.1. The van der Waals surface area contributed by atoms with Gasteiger partial charge >= 0.3 is 0 Å². The number of allylic oxidation sites excluding steroid dienone is 1. The normalized spacial score (nSPS) is 10.6. The minimum absolute atomic E-state index is 0.0828. The van der Waals surface area contributed by atoms with Crippen LogP contribution in [0.4, 0.5) is 0 Å². The van der Waals surface area contributed by atoms with E-state index >= 15 is 0 Å². The Morgan fingerprint density at radius 1 is 1.14 bits per heavy atom. The highest BCUT2D eigenvalue weighted by atomic mass is 35.5. The number of carbonyl (C=O) groups is 1. The Morgan fingerprint density at radius 3 is 2.52 bits per heavy atom. The van der Waals surface area contributed by atoms with Gasteiger partial charge in [-0.3, -0.25) is 4.79 Å². The second-order valence-electron chi connectivity index (χ2n) is 4.01. The monoisotopic (exact) mass is 304 g/mol. The molecule has 1 heterocycles. The molecule has 0 fully saturated rings. The number of nitrogens with zero attached hydrogens (tertiary/aromatic N) is 2. The summed E-state index contributed by atoms with van der Waals surface area (Å²) in [6.07, 6.45) is 5.88. The van der Waals surface area contributed by atoms with Crippen LogP contribution in [0.15, 0.2) is 36.7 Å². The van der Waals surface area contributed by atoms with E-state index in [9.17, 15) is 4.79 Å². The van der Waals surface area contributed by atoms with Crippen LogP contribution < -0.4 is 9.47 Å². The predicted octanol–water partition coefficient (Wildman–Crippen LogP) is 3.04. The van der Waals surface area contributed by atoms with Gasteiger partial charge < -0.3 is 9.47 Å². The number of ketones is 1. The van der Waals surface area contributed by atoms with Crippen molar-refractivity contribution in [2.24, 2.45) is 0 Å². The first-order valence-electron chi connectivity index (χ1n) is 6.06. The van der Waals surface area contributed by atoms with E-state index in [0.29, 0.717) is 11.5 Å². The number of hydrogen-bond donors (Lipinski definition) is 0. The molecule has 6 heteroatoms. The Morgan fingerprint density at radius 2 is 1.86 bits per heavy atom. The molecule has 0 unspecified atom stereocenters. The summed E-state index contributed by atoms with van der Waals surface area (Å²) in [6.45, 7) is 0. The highest BCUT2D eigenvalue weighted by molar-refractivity contribution is 6.33. The zero-order chi connectivity index (χ0) is 15.2. The summed E-state index contributed by atoms with van der Waals surface area (Å²) in [5.41, 5.74) is 0.914. The predicted molar refractivity (Wildman–Crippen MR) is 80.0 cm³/mol. The quantitative estimate of drug-likeness (QED) is 0.627. The van der Waals surface area contributed by atoms with Crippen molar-refractivity contribution < 1.29 is 14.3 Å². The number of benzene rings is 1. The van der Waals surface area contributed by atoms with Gasteiger partial charge in [-0.05, 0) is 23.8 Å². The Balaban J connectivity index is 2.22. The molecule has 1 aromatic heterocycles. The first kappa shape index (κ1) is 15.0. The second-order valence-corrected chi connectivity index (χ2v) is 4.37. The summed E-state index contributed by atoms with van der Waals surface area (Å²) in [5, 5.41) is 0.0828. The van der Waals surface area contributed by atoms with Gasteiger partial charge in [0.25, 0.3) is 0 Å². The van der Waals surface area contributed by atoms with E-state index in [1.54, 1.807) is 32.4 Å². The highest BCUT2D eigenvalue weighted by Gasteiger charge is 2.09. The van der Waals surface area contributed by atoms with Crippen molar-refractivity contribution in [3.8, 4) is 11.5 Å². The van der Waals surface area contributed by atoms with Gasteiger partial charge in [0, 0.05) is 12.4 Å². The van der Waals surface area contributed by atoms with E-state index in [4.69, 9.17) is 21.1 Å². The fourth-order valence-electron chi connectivity index (χ4n) is 1.69. The van der Waals surface area contributed by atoms with E-state index in [-0.39, 0.29) is 16.6 Å². The SMILES string of the molecule is COc1ccc(/C=C/C(=O)c2nccnc2Cl)cc1OC. The summed E-state index contributed by atoms with van der Waals surface area (Å²) in [5.74, 6) is 0.894. The molecule has 0 amide bonds. The molecule has 2 aromatic rings. The number of rotatable bonds is 5. The first-order chi connectivity index (χ1) is 10.2. The van der Waals surface area contributed by atoms with Gasteiger partial charge in [0.15, 0.2) is 16.7 Å². The van der Waals surface area contributed by atoms with Crippen LogP contribution in [0.25, 0.3) is 6.08 Å². The number of ether oxygens (including phenoxy) is 2. The topological polar surface area (TPSA) is 61.3 Å². The van der Waals surface area contributed by atoms with Crippen LogP contribution in [0.5, 0.6) is 11.5 Å². The van der Waals surface area contributed by atoms with E-state index < -0.39 is 0 Å². The lowest BCUT2D eigenvalue weighted by Crippen LogP contribution is -2.00. The molecule has 0 saturated heterocycles. The minimum atomic E-state index is -0.317. The molecule has 0 N–H and O–H groups in total. The van der Waals surface area contributed by atoms with Crippen molar-refractivity contribution in [1.82, 2.24) is 9.97 Å². The van der Waals surface area contributed by atoms with Crippen LogP contribution in [0, 0.1) is 0 Å². The fourth-order valence-corrected chi connectivity index (χ4v) is 1.89. The summed E-state index contributed by atoms with van der Waals surface area (Å²) >= 11 is 5.82. The number of carbonyl (C=O) groups excluding carboxylic acids is 1. The van der Waals surface area contributed by atoms with Crippen molar-refractivity contribution in [2.45, 2.75) is 0 Å². The maximum absolute atomic E-state index is 12.0. The largest absolute Gasteiger partial charge is 0.493 e.